The van der Waals surface area contributed by atoms with Gasteiger partial charge in [-0.1, -0.05) is 60.7 Å². The molecule has 0 saturated heterocycles. The van der Waals surface area contributed by atoms with Gasteiger partial charge in [-0.25, -0.2) is 8.42 Å². The lowest BCUT2D eigenvalue weighted by Gasteiger charge is -2.30. The first kappa shape index (κ1) is 14.7. The maximum absolute atomic E-state index is 11.6. The van der Waals surface area contributed by atoms with Gasteiger partial charge in [-0.2, -0.15) is 4.72 Å². The average molecular weight is 290 g/mol. The second-order valence-electron chi connectivity index (χ2n) is 4.87. The molecule has 0 amide bonds. The molecule has 0 bridgehead atoms. The van der Waals surface area contributed by atoms with Crippen molar-refractivity contribution in [1.82, 2.24) is 4.72 Å². The molecular formula is C15H18N2O2S. The Morgan fingerprint density at radius 3 is 2.00 bits per heavy atom. The topological polar surface area (TPSA) is 72.2 Å². The molecule has 0 aliphatic carbocycles. The summed E-state index contributed by atoms with van der Waals surface area (Å²) in [5.74, 6) is 0. The third-order valence-corrected chi connectivity index (χ3v) is 3.72. The lowest BCUT2D eigenvalue weighted by molar-refractivity contribution is 0.406. The minimum absolute atomic E-state index is 0.380. The molecule has 0 radical (unpaired) electrons. The van der Waals surface area contributed by atoms with Gasteiger partial charge in [0.1, 0.15) is 5.66 Å². The van der Waals surface area contributed by atoms with E-state index >= 15 is 0 Å². The van der Waals surface area contributed by atoms with Crippen molar-refractivity contribution in [1.29, 1.82) is 0 Å². The Balaban J connectivity index is 2.39. The molecule has 106 valence electrons. The molecule has 0 aliphatic rings. The summed E-state index contributed by atoms with van der Waals surface area (Å²) in [5, 5.41) is 0. The SMILES string of the molecule is CS(=O)(=O)NC(N)(Cc1ccccc1)c1ccccc1. The molecule has 1 atom stereocenters. The van der Waals surface area contributed by atoms with E-state index in [1.807, 2.05) is 60.7 Å². The molecule has 2 aromatic rings. The Bertz CT molecular complexity index is 657. The van der Waals surface area contributed by atoms with Crippen molar-refractivity contribution in [3.63, 3.8) is 0 Å². The predicted octanol–water partition coefficient (Wildman–Crippen LogP) is 1.59. The van der Waals surface area contributed by atoms with Gasteiger partial charge in [0.15, 0.2) is 0 Å². The van der Waals surface area contributed by atoms with Crippen LogP contribution < -0.4 is 10.5 Å². The van der Waals surface area contributed by atoms with Crippen molar-refractivity contribution in [2.45, 2.75) is 12.1 Å². The Kier molecular flexibility index (Phi) is 4.23. The highest BCUT2D eigenvalue weighted by Gasteiger charge is 2.30. The zero-order chi connectivity index (χ0) is 14.6. The van der Waals surface area contributed by atoms with Gasteiger partial charge in [0, 0.05) is 6.42 Å². The molecular weight excluding hydrogens is 272 g/mol. The molecule has 1 unspecified atom stereocenters. The van der Waals surface area contributed by atoms with E-state index < -0.39 is 15.7 Å². The van der Waals surface area contributed by atoms with Crippen LogP contribution in [0.3, 0.4) is 0 Å². The lowest BCUT2D eigenvalue weighted by Crippen LogP contribution is -2.54. The van der Waals surface area contributed by atoms with Crippen LogP contribution in [0.25, 0.3) is 0 Å². The summed E-state index contributed by atoms with van der Waals surface area (Å²) in [6.07, 6.45) is 1.49. The first-order chi connectivity index (χ1) is 9.39. The van der Waals surface area contributed by atoms with Crippen LogP contribution in [0, 0.1) is 0 Å². The van der Waals surface area contributed by atoms with Crippen molar-refractivity contribution >= 4 is 10.0 Å². The maximum atomic E-state index is 11.6. The highest BCUT2D eigenvalue weighted by molar-refractivity contribution is 7.88. The number of benzene rings is 2. The molecule has 0 saturated carbocycles. The summed E-state index contributed by atoms with van der Waals surface area (Å²) in [5.41, 5.74) is 6.89. The largest absolute Gasteiger partial charge is 0.308 e. The summed E-state index contributed by atoms with van der Waals surface area (Å²) in [6, 6.07) is 18.8. The number of hydrogen-bond acceptors (Lipinski definition) is 3. The minimum atomic E-state index is -3.43. The van der Waals surface area contributed by atoms with Crippen LogP contribution in [0.5, 0.6) is 0 Å². The summed E-state index contributed by atoms with van der Waals surface area (Å²) >= 11 is 0. The van der Waals surface area contributed by atoms with E-state index in [-0.39, 0.29) is 0 Å². The molecule has 20 heavy (non-hydrogen) atoms. The van der Waals surface area contributed by atoms with Crippen LogP contribution >= 0.6 is 0 Å². The fourth-order valence-electron chi connectivity index (χ4n) is 2.18. The smallest absolute Gasteiger partial charge is 0.210 e. The molecule has 2 aromatic carbocycles. The standard InChI is InChI=1S/C15H18N2O2S/c1-20(18,19)17-15(16,14-10-6-3-7-11-14)12-13-8-4-2-5-9-13/h2-11,17H,12,16H2,1H3. The Morgan fingerprint density at radius 1 is 1.00 bits per heavy atom. The van der Waals surface area contributed by atoms with Crippen LogP contribution in [0.1, 0.15) is 11.1 Å². The van der Waals surface area contributed by atoms with Crippen LogP contribution in [0.2, 0.25) is 0 Å². The molecule has 4 nitrogen and oxygen atoms in total. The van der Waals surface area contributed by atoms with Crippen molar-refractivity contribution < 1.29 is 8.42 Å². The normalized spacial score (nSPS) is 14.7. The quantitative estimate of drug-likeness (QED) is 0.821. The third kappa shape index (κ3) is 3.90. The molecule has 0 spiro atoms. The van der Waals surface area contributed by atoms with Gasteiger partial charge in [0.2, 0.25) is 10.0 Å². The monoisotopic (exact) mass is 290 g/mol. The van der Waals surface area contributed by atoms with Crippen molar-refractivity contribution in [3.05, 3.63) is 71.8 Å². The van der Waals surface area contributed by atoms with Crippen LogP contribution in [0.15, 0.2) is 60.7 Å². The van der Waals surface area contributed by atoms with Crippen molar-refractivity contribution in [2.75, 3.05) is 6.26 Å². The Hall–Kier alpha value is -1.69. The first-order valence-corrected chi connectivity index (χ1v) is 8.15. The van der Waals surface area contributed by atoms with Gasteiger partial charge in [0.25, 0.3) is 0 Å². The van der Waals surface area contributed by atoms with Gasteiger partial charge in [-0.3, -0.25) is 0 Å². The number of hydrogen-bond donors (Lipinski definition) is 2. The third-order valence-electron chi connectivity index (χ3n) is 2.98. The van der Waals surface area contributed by atoms with Crippen LogP contribution in [-0.2, 0) is 22.1 Å². The molecule has 0 fully saturated rings. The van der Waals surface area contributed by atoms with Gasteiger partial charge >= 0.3 is 0 Å². The van der Waals surface area contributed by atoms with Crippen molar-refractivity contribution in [3.8, 4) is 0 Å². The maximum Gasteiger partial charge on any atom is 0.210 e. The van der Waals surface area contributed by atoms with Crippen molar-refractivity contribution in [2.24, 2.45) is 5.73 Å². The van der Waals surface area contributed by atoms with E-state index in [0.717, 1.165) is 17.4 Å². The first-order valence-electron chi connectivity index (χ1n) is 6.26. The van der Waals surface area contributed by atoms with E-state index in [9.17, 15) is 8.42 Å². The summed E-state index contributed by atoms with van der Waals surface area (Å²) in [6.45, 7) is 0. The number of nitrogens with two attached hydrogens (primary N) is 1. The van der Waals surface area contributed by atoms with E-state index in [1.54, 1.807) is 0 Å². The summed E-state index contributed by atoms with van der Waals surface area (Å²) in [7, 11) is -3.43. The van der Waals surface area contributed by atoms with Crippen LogP contribution in [-0.4, -0.2) is 14.7 Å². The fraction of sp³-hybridized carbons (Fsp3) is 0.200. The molecule has 5 heteroatoms. The molecule has 0 aromatic heterocycles. The van der Waals surface area contributed by atoms with Crippen LogP contribution in [0.4, 0.5) is 0 Å². The highest BCUT2D eigenvalue weighted by Crippen LogP contribution is 2.21. The van der Waals surface area contributed by atoms with E-state index in [2.05, 4.69) is 4.72 Å². The Labute approximate surface area is 119 Å². The summed E-state index contributed by atoms with van der Waals surface area (Å²) < 4.78 is 25.8. The number of rotatable bonds is 5. The number of sulfonamides is 1. The number of nitrogens with one attached hydrogen (secondary N) is 1. The van der Waals surface area contributed by atoms with Gasteiger partial charge in [0.05, 0.1) is 6.26 Å². The minimum Gasteiger partial charge on any atom is -0.308 e. The van der Waals surface area contributed by atoms with E-state index in [4.69, 9.17) is 5.73 Å². The van der Waals surface area contributed by atoms with Gasteiger partial charge in [-0.15, -0.1) is 0 Å². The molecule has 2 rings (SSSR count). The fourth-order valence-corrected chi connectivity index (χ4v) is 3.03. The van der Waals surface area contributed by atoms with E-state index in [1.165, 1.54) is 0 Å². The molecule has 0 aliphatic heterocycles. The average Bonchev–Trinajstić information content (AvgIpc) is 2.39. The van der Waals surface area contributed by atoms with Gasteiger partial charge < -0.3 is 5.73 Å². The zero-order valence-corrected chi connectivity index (χ0v) is 12.1. The summed E-state index contributed by atoms with van der Waals surface area (Å²) in [4.78, 5) is 0. The lowest BCUT2D eigenvalue weighted by atomic mass is 9.94. The predicted molar refractivity (Wildman–Crippen MR) is 80.4 cm³/mol. The zero-order valence-electron chi connectivity index (χ0n) is 11.3. The Morgan fingerprint density at radius 2 is 1.50 bits per heavy atom. The second kappa shape index (κ2) is 5.75. The van der Waals surface area contributed by atoms with Gasteiger partial charge in [-0.05, 0) is 11.1 Å². The molecule has 3 N–H and O–H groups in total. The van der Waals surface area contributed by atoms with E-state index in [0.29, 0.717) is 6.42 Å². The highest BCUT2D eigenvalue weighted by atomic mass is 32.2. The second-order valence-corrected chi connectivity index (χ2v) is 6.62. The molecule has 0 heterocycles.